The van der Waals surface area contributed by atoms with Crippen molar-refractivity contribution >= 4 is 34.6 Å². The Morgan fingerprint density at radius 2 is 2.00 bits per heavy atom. The number of halogens is 1. The monoisotopic (exact) mass is 313 g/mol. The third kappa shape index (κ3) is 2.94. The van der Waals surface area contributed by atoms with E-state index < -0.39 is 15.5 Å². The van der Waals surface area contributed by atoms with Crippen LogP contribution in [0.2, 0.25) is 0 Å². The third-order valence-electron chi connectivity index (χ3n) is 3.26. The van der Waals surface area contributed by atoms with Crippen LogP contribution < -0.4 is 4.90 Å². The minimum Gasteiger partial charge on any atom is -0.306 e. The molecule has 9 heteroatoms. The lowest BCUT2D eigenvalue weighted by Crippen LogP contribution is -2.29. The van der Waals surface area contributed by atoms with Gasteiger partial charge in [-0.2, -0.15) is 0 Å². The van der Waals surface area contributed by atoms with Crippen LogP contribution in [-0.2, 0) is 11.2 Å². The smallest absolute Gasteiger partial charge is 0.300 e. The van der Waals surface area contributed by atoms with E-state index in [9.17, 15) is 25.0 Å². The van der Waals surface area contributed by atoms with E-state index in [0.29, 0.717) is 30.8 Å². The summed E-state index contributed by atoms with van der Waals surface area (Å²) in [6.07, 6.45) is 1.04. The molecular weight excluding hydrogens is 302 g/mol. The summed E-state index contributed by atoms with van der Waals surface area (Å²) in [5, 5.41) is 22.0. The standard InChI is InChI=1S/C12H12ClN3O5/c13-4-1-2-11(17)14-5-3-8-6-9(15(18)19)7-10(12(8)14)16(20)21/h6-7H,1-5H2. The first kappa shape index (κ1) is 15.2. The number of anilines is 1. The summed E-state index contributed by atoms with van der Waals surface area (Å²) in [6, 6.07) is 2.18. The summed E-state index contributed by atoms with van der Waals surface area (Å²) in [5.74, 6) is 0.0702. The second-order valence-electron chi connectivity index (χ2n) is 4.57. The molecule has 1 aliphatic rings. The highest BCUT2D eigenvalue weighted by molar-refractivity contribution is 6.18. The molecule has 1 amide bonds. The molecule has 1 aromatic rings. The number of fused-ring (bicyclic) bond motifs is 1. The van der Waals surface area contributed by atoms with Gasteiger partial charge in [0, 0.05) is 24.9 Å². The van der Waals surface area contributed by atoms with E-state index in [0.717, 1.165) is 6.07 Å². The Kier molecular flexibility index (Phi) is 4.37. The van der Waals surface area contributed by atoms with Gasteiger partial charge in [0.15, 0.2) is 0 Å². The van der Waals surface area contributed by atoms with Gasteiger partial charge in [0.2, 0.25) is 5.91 Å². The largest absolute Gasteiger partial charge is 0.306 e. The minimum absolute atomic E-state index is 0.171. The zero-order valence-corrected chi connectivity index (χ0v) is 11.7. The first-order chi connectivity index (χ1) is 9.95. The molecule has 0 N–H and O–H groups in total. The Labute approximate surface area is 124 Å². The molecule has 21 heavy (non-hydrogen) atoms. The van der Waals surface area contributed by atoms with Crippen molar-refractivity contribution in [2.75, 3.05) is 17.3 Å². The lowest BCUT2D eigenvalue weighted by molar-refractivity contribution is -0.393. The van der Waals surface area contributed by atoms with Gasteiger partial charge in [0.05, 0.1) is 15.9 Å². The van der Waals surface area contributed by atoms with E-state index in [1.807, 2.05) is 0 Å². The maximum absolute atomic E-state index is 12.1. The molecule has 0 saturated carbocycles. The second-order valence-corrected chi connectivity index (χ2v) is 4.95. The van der Waals surface area contributed by atoms with Crippen molar-refractivity contribution in [2.24, 2.45) is 0 Å². The number of carbonyl (C=O) groups excluding carboxylic acids is 1. The number of nitro groups is 2. The van der Waals surface area contributed by atoms with E-state index in [-0.39, 0.29) is 23.7 Å². The highest BCUT2D eigenvalue weighted by Crippen LogP contribution is 2.40. The molecule has 1 aliphatic heterocycles. The van der Waals surface area contributed by atoms with Gasteiger partial charge in [-0.15, -0.1) is 11.6 Å². The average Bonchev–Trinajstić information content (AvgIpc) is 2.87. The molecular formula is C12H12ClN3O5. The highest BCUT2D eigenvalue weighted by atomic mass is 35.5. The van der Waals surface area contributed by atoms with Gasteiger partial charge < -0.3 is 4.90 Å². The topological polar surface area (TPSA) is 107 Å². The molecule has 0 fully saturated rings. The predicted octanol–water partition coefficient (Wildman–Crippen LogP) is 2.41. The van der Waals surface area contributed by atoms with Gasteiger partial charge >= 0.3 is 0 Å². The van der Waals surface area contributed by atoms with Crippen molar-refractivity contribution in [1.29, 1.82) is 0 Å². The van der Waals surface area contributed by atoms with Crippen LogP contribution >= 0.6 is 11.6 Å². The zero-order valence-electron chi connectivity index (χ0n) is 11.0. The maximum atomic E-state index is 12.1. The molecule has 0 aromatic heterocycles. The SMILES string of the molecule is O=C(CCCCl)N1CCc2cc([N+](=O)[O-])cc([N+](=O)[O-])c21. The van der Waals surface area contributed by atoms with E-state index >= 15 is 0 Å². The summed E-state index contributed by atoms with van der Waals surface area (Å²) in [6.45, 7) is 0.290. The molecule has 1 aromatic carbocycles. The number of rotatable bonds is 5. The molecule has 0 aliphatic carbocycles. The van der Waals surface area contributed by atoms with Crippen LogP contribution in [0.4, 0.5) is 17.1 Å². The first-order valence-electron chi connectivity index (χ1n) is 6.27. The van der Waals surface area contributed by atoms with Crippen LogP contribution in [-0.4, -0.2) is 28.2 Å². The van der Waals surface area contributed by atoms with Crippen LogP contribution in [0.15, 0.2) is 12.1 Å². The fourth-order valence-electron chi connectivity index (χ4n) is 2.35. The van der Waals surface area contributed by atoms with Gasteiger partial charge in [-0.05, 0) is 18.4 Å². The van der Waals surface area contributed by atoms with Crippen molar-refractivity contribution in [3.63, 3.8) is 0 Å². The van der Waals surface area contributed by atoms with Crippen LogP contribution in [0.1, 0.15) is 18.4 Å². The Hall–Kier alpha value is -2.22. The zero-order chi connectivity index (χ0) is 15.6. The molecule has 1 heterocycles. The van der Waals surface area contributed by atoms with Crippen LogP contribution in [0.3, 0.4) is 0 Å². The van der Waals surface area contributed by atoms with E-state index in [1.54, 1.807) is 0 Å². The van der Waals surface area contributed by atoms with Gasteiger partial charge in [0.25, 0.3) is 11.4 Å². The lowest BCUT2D eigenvalue weighted by atomic mass is 10.1. The predicted molar refractivity (Wildman–Crippen MR) is 75.8 cm³/mol. The summed E-state index contributed by atoms with van der Waals surface area (Å²) >= 11 is 5.54. The van der Waals surface area contributed by atoms with Gasteiger partial charge in [0.1, 0.15) is 5.69 Å². The Morgan fingerprint density at radius 1 is 1.29 bits per heavy atom. The van der Waals surface area contributed by atoms with Gasteiger partial charge in [-0.3, -0.25) is 25.0 Å². The molecule has 8 nitrogen and oxygen atoms in total. The van der Waals surface area contributed by atoms with E-state index in [2.05, 4.69) is 0 Å². The van der Waals surface area contributed by atoms with E-state index in [4.69, 9.17) is 11.6 Å². The summed E-state index contributed by atoms with van der Waals surface area (Å²) in [7, 11) is 0. The van der Waals surface area contributed by atoms with Gasteiger partial charge in [-0.25, -0.2) is 0 Å². The normalized spacial score (nSPS) is 13.1. The number of alkyl halides is 1. The molecule has 0 saturated heterocycles. The number of non-ortho nitro benzene ring substituents is 1. The Bertz CT molecular complexity index is 619. The molecule has 0 unspecified atom stereocenters. The number of carbonyl (C=O) groups is 1. The van der Waals surface area contributed by atoms with Crippen molar-refractivity contribution in [2.45, 2.75) is 19.3 Å². The van der Waals surface area contributed by atoms with Crippen LogP contribution in [0.25, 0.3) is 0 Å². The molecule has 0 spiro atoms. The van der Waals surface area contributed by atoms with E-state index in [1.165, 1.54) is 11.0 Å². The molecule has 0 atom stereocenters. The second kappa shape index (κ2) is 6.04. The fourth-order valence-corrected chi connectivity index (χ4v) is 2.49. The molecule has 0 bridgehead atoms. The van der Waals surface area contributed by atoms with Gasteiger partial charge in [-0.1, -0.05) is 0 Å². The number of hydrogen-bond donors (Lipinski definition) is 0. The number of nitro benzene ring substituents is 2. The summed E-state index contributed by atoms with van der Waals surface area (Å²) in [4.78, 5) is 34.0. The molecule has 2 rings (SSSR count). The lowest BCUT2D eigenvalue weighted by Gasteiger charge is -2.16. The molecule has 0 radical (unpaired) electrons. The number of amides is 1. The fraction of sp³-hybridized carbons (Fsp3) is 0.417. The quantitative estimate of drug-likeness (QED) is 0.471. The van der Waals surface area contributed by atoms with Crippen molar-refractivity contribution < 1.29 is 14.6 Å². The Morgan fingerprint density at radius 3 is 2.57 bits per heavy atom. The van der Waals surface area contributed by atoms with Crippen LogP contribution in [0, 0.1) is 20.2 Å². The average molecular weight is 314 g/mol. The van der Waals surface area contributed by atoms with Crippen molar-refractivity contribution in [3.05, 3.63) is 37.9 Å². The summed E-state index contributed by atoms with van der Waals surface area (Å²) in [5.41, 5.74) is -0.119. The number of benzene rings is 1. The Balaban J connectivity index is 2.44. The van der Waals surface area contributed by atoms with Crippen molar-refractivity contribution in [3.8, 4) is 0 Å². The highest BCUT2D eigenvalue weighted by Gasteiger charge is 2.34. The summed E-state index contributed by atoms with van der Waals surface area (Å²) < 4.78 is 0. The van der Waals surface area contributed by atoms with Crippen molar-refractivity contribution in [1.82, 2.24) is 0 Å². The third-order valence-corrected chi connectivity index (χ3v) is 3.53. The van der Waals surface area contributed by atoms with Crippen LogP contribution in [0.5, 0.6) is 0 Å². The molecule has 112 valence electrons. The first-order valence-corrected chi connectivity index (χ1v) is 6.81. The number of hydrogen-bond acceptors (Lipinski definition) is 5. The number of nitrogens with zero attached hydrogens (tertiary/aromatic N) is 3. The minimum atomic E-state index is -0.695. The maximum Gasteiger partial charge on any atom is 0.300 e.